The predicted octanol–water partition coefficient (Wildman–Crippen LogP) is 16.5. The third kappa shape index (κ3) is 6.16. The van der Waals surface area contributed by atoms with E-state index in [1.54, 1.807) is 0 Å². The van der Waals surface area contributed by atoms with Crippen LogP contribution in [0.4, 0.5) is 0 Å². The monoisotopic (exact) mass is 890 g/mol. The van der Waals surface area contributed by atoms with Gasteiger partial charge in [-0.05, 0) is 0 Å². The predicted molar refractivity (Wildman–Crippen MR) is 277 cm³/mol. The van der Waals surface area contributed by atoms with Gasteiger partial charge in [0.2, 0.25) is 0 Å². The Bertz CT molecular complexity index is 3810. The molecule has 0 radical (unpaired) electrons. The Morgan fingerprint density at radius 1 is 0.262 bits per heavy atom. The summed E-state index contributed by atoms with van der Waals surface area (Å²) in [6, 6.07) is 76.4. The van der Waals surface area contributed by atoms with Gasteiger partial charge in [0.1, 0.15) is 0 Å². The summed E-state index contributed by atoms with van der Waals surface area (Å²) in [7, 11) is 0. The molecule has 13 aromatic rings. The van der Waals surface area contributed by atoms with E-state index in [1.165, 1.54) is 107 Å². The number of pyridine rings is 2. The van der Waals surface area contributed by atoms with Crippen LogP contribution in [-0.2, 0) is 0 Å². The minimum atomic E-state index is 0.110. The number of rotatable bonds is 6. The van der Waals surface area contributed by atoms with Gasteiger partial charge in [-0.1, -0.05) is 0 Å². The van der Waals surface area contributed by atoms with Gasteiger partial charge in [0.25, 0.3) is 0 Å². The van der Waals surface area contributed by atoms with E-state index in [0.717, 1.165) is 22.3 Å². The molecule has 0 amide bonds. The van der Waals surface area contributed by atoms with Crippen molar-refractivity contribution in [1.82, 2.24) is 9.97 Å². The van der Waals surface area contributed by atoms with Crippen molar-refractivity contribution >= 4 is 76.9 Å². The molecule has 0 atom stereocenters. The first-order valence-electron chi connectivity index (χ1n) is 22.1. The first kappa shape index (κ1) is 37.6. The molecule has 3 heteroatoms. The molecule has 2 nitrogen and oxygen atoms in total. The molecule has 302 valence electrons. The Hall–Kier alpha value is -7.94. The first-order chi connectivity index (χ1) is 32.3. The molecule has 0 N–H and O–H groups in total. The van der Waals surface area contributed by atoms with Crippen molar-refractivity contribution in [3.63, 3.8) is 0 Å². The summed E-state index contributed by atoms with van der Waals surface area (Å²) >= 11 is 0.110. The average molecular weight is 890 g/mol. The van der Waals surface area contributed by atoms with Crippen LogP contribution in [0.25, 0.3) is 129 Å². The van der Waals surface area contributed by atoms with Gasteiger partial charge in [-0.2, -0.15) is 0 Å². The van der Waals surface area contributed by atoms with E-state index >= 15 is 0 Å². The van der Waals surface area contributed by atoms with Crippen LogP contribution in [0.1, 0.15) is 0 Å². The van der Waals surface area contributed by atoms with Crippen LogP contribution in [0.2, 0.25) is 0 Å². The summed E-state index contributed by atoms with van der Waals surface area (Å²) in [4.78, 5) is 9.00. The Morgan fingerprint density at radius 3 is 1.20 bits per heavy atom. The molecular weight excluding hydrogens is 852 g/mol. The third-order valence-electron chi connectivity index (χ3n) is 13.2. The average Bonchev–Trinajstić information content (AvgIpc) is 3.76. The Balaban J connectivity index is 1.04. The third-order valence-corrected chi connectivity index (χ3v) is 15.8. The van der Waals surface area contributed by atoms with Crippen LogP contribution in [0.3, 0.4) is 0 Å². The van der Waals surface area contributed by atoms with Crippen LogP contribution in [-0.4, -0.2) is 24.5 Å². The van der Waals surface area contributed by atoms with Crippen molar-refractivity contribution in [3.05, 3.63) is 231 Å². The van der Waals surface area contributed by atoms with E-state index < -0.39 is 0 Å². The van der Waals surface area contributed by atoms with Gasteiger partial charge >= 0.3 is 372 Å². The minimum absolute atomic E-state index is 0.110. The number of fused-ring (bicyclic) bond motifs is 7. The van der Waals surface area contributed by atoms with Crippen LogP contribution >= 0.6 is 0 Å². The second kappa shape index (κ2) is 15.4. The van der Waals surface area contributed by atoms with Crippen LogP contribution in [0.15, 0.2) is 231 Å². The molecule has 0 fully saturated rings. The number of nitrogens with zero attached hydrogens (tertiary/aromatic N) is 2. The zero-order valence-corrected chi connectivity index (χ0v) is 37.0. The van der Waals surface area contributed by atoms with E-state index in [9.17, 15) is 0 Å². The topological polar surface area (TPSA) is 25.8 Å². The van der Waals surface area contributed by atoms with E-state index in [4.69, 9.17) is 0 Å². The zero-order valence-electron chi connectivity index (χ0n) is 35.2. The van der Waals surface area contributed by atoms with E-state index in [0.29, 0.717) is 0 Å². The second-order valence-electron chi connectivity index (χ2n) is 16.8. The van der Waals surface area contributed by atoms with Crippen LogP contribution in [0.5, 0.6) is 0 Å². The molecule has 0 unspecified atom stereocenters. The van der Waals surface area contributed by atoms with Gasteiger partial charge in [-0.15, -0.1) is 0 Å². The normalized spacial score (nSPS) is 11.7. The van der Waals surface area contributed by atoms with Crippen LogP contribution in [0, 0.1) is 0 Å². The maximum atomic E-state index is 4.50. The molecule has 0 saturated heterocycles. The standard InChI is InChI=1S/C62H38N2Se/c1-2-15-39(16-3-1)58-46-19-4-6-21-48(46)59(49-22-7-5-20-47(49)58)40-29-30-57-56(36-40)54-27-12-28-55(62(54)65-57)61-52-25-10-8-23-50(52)60(51-24-9-11-26-53(51)61)45-34-43(41-17-13-31-63-37-41)33-44(35-45)42-18-14-32-64-38-42/h1-38H. The summed E-state index contributed by atoms with van der Waals surface area (Å²) in [5.74, 6) is 0. The van der Waals surface area contributed by atoms with Gasteiger partial charge in [-0.25, -0.2) is 0 Å². The first-order valence-corrected chi connectivity index (χ1v) is 23.8. The summed E-state index contributed by atoms with van der Waals surface area (Å²) in [5, 5.41) is 12.8. The molecule has 65 heavy (non-hydrogen) atoms. The molecule has 0 aliphatic carbocycles. The molecular formula is C62H38N2Se. The second-order valence-corrected chi connectivity index (χ2v) is 19.0. The molecule has 0 bridgehead atoms. The van der Waals surface area contributed by atoms with Crippen molar-refractivity contribution in [2.45, 2.75) is 0 Å². The molecule has 13 rings (SSSR count). The van der Waals surface area contributed by atoms with Gasteiger partial charge in [0.05, 0.1) is 0 Å². The molecule has 0 aliphatic heterocycles. The van der Waals surface area contributed by atoms with Gasteiger partial charge in [0, 0.05) is 12.4 Å². The summed E-state index contributed by atoms with van der Waals surface area (Å²) in [5.41, 5.74) is 14.5. The number of hydrogen-bond acceptors (Lipinski definition) is 2. The molecule has 10 aromatic carbocycles. The van der Waals surface area contributed by atoms with Gasteiger partial charge in [-0.3, -0.25) is 0 Å². The van der Waals surface area contributed by atoms with E-state index in [-0.39, 0.29) is 14.5 Å². The molecule has 3 aromatic heterocycles. The molecule has 0 aliphatic rings. The SMILES string of the molecule is c1ccc(-c2c3ccccc3c(-c3ccc4[se]c5c(-c6c7ccccc7c(-c7cc(-c8cccnc8)cc(-c8cccnc8)c7)c7ccccc67)cccc5c4c3)c3ccccc23)cc1. The summed E-state index contributed by atoms with van der Waals surface area (Å²) in [6.07, 6.45) is 7.58. The molecule has 0 saturated carbocycles. The number of aromatic nitrogens is 2. The fourth-order valence-electron chi connectivity index (χ4n) is 10.4. The Kier molecular flexibility index (Phi) is 8.91. The fourth-order valence-corrected chi connectivity index (χ4v) is 12.9. The quantitative estimate of drug-likeness (QED) is 0.123. The molecule has 3 heterocycles. The van der Waals surface area contributed by atoms with Crippen molar-refractivity contribution in [2.24, 2.45) is 0 Å². The zero-order chi connectivity index (χ0) is 42.8. The van der Waals surface area contributed by atoms with Crippen molar-refractivity contribution < 1.29 is 0 Å². The van der Waals surface area contributed by atoms with Crippen molar-refractivity contribution in [3.8, 4) is 66.8 Å². The number of benzene rings is 10. The van der Waals surface area contributed by atoms with Gasteiger partial charge < -0.3 is 0 Å². The summed E-state index contributed by atoms with van der Waals surface area (Å²) < 4.78 is 2.88. The van der Waals surface area contributed by atoms with E-state index in [1.807, 2.05) is 36.9 Å². The fraction of sp³-hybridized carbons (Fsp3) is 0. The Labute approximate surface area is 382 Å². The van der Waals surface area contributed by atoms with Crippen molar-refractivity contribution in [2.75, 3.05) is 0 Å². The molecule has 0 spiro atoms. The van der Waals surface area contributed by atoms with E-state index in [2.05, 4.69) is 204 Å². The maximum absolute atomic E-state index is 4.50. The van der Waals surface area contributed by atoms with Gasteiger partial charge in [0.15, 0.2) is 0 Å². The van der Waals surface area contributed by atoms with Crippen LogP contribution < -0.4 is 0 Å². The summed E-state index contributed by atoms with van der Waals surface area (Å²) in [6.45, 7) is 0. The Morgan fingerprint density at radius 2 is 0.692 bits per heavy atom. The number of hydrogen-bond donors (Lipinski definition) is 0. The van der Waals surface area contributed by atoms with Crippen molar-refractivity contribution in [1.29, 1.82) is 0 Å².